The van der Waals surface area contributed by atoms with Crippen molar-refractivity contribution in [3.8, 4) is 0 Å². The number of hydrogen-bond donors (Lipinski definition) is 2. The lowest BCUT2D eigenvalue weighted by Crippen LogP contribution is -2.38. The first-order valence-electron chi connectivity index (χ1n) is 7.75. The van der Waals surface area contributed by atoms with Crippen LogP contribution in [0.4, 0.5) is 10.5 Å². The molecule has 1 amide bonds. The molecular weight excluding hydrogens is 391 g/mol. The molecule has 0 spiro atoms. The van der Waals surface area contributed by atoms with Crippen molar-refractivity contribution in [2.24, 2.45) is 0 Å². The smallest absolute Gasteiger partial charge is 0.407 e. The number of amides is 1. The monoisotopic (exact) mass is 416 g/mol. The summed E-state index contributed by atoms with van der Waals surface area (Å²) >= 11 is 2.32. The first-order chi connectivity index (χ1) is 10.2. The van der Waals surface area contributed by atoms with E-state index in [0.717, 1.165) is 19.3 Å². The number of carbonyl (C=O) groups is 1. The molecular formula is C17H25IN2O2. The Morgan fingerprint density at radius 1 is 1.27 bits per heavy atom. The summed E-state index contributed by atoms with van der Waals surface area (Å²) in [5.74, 6) is 0. The number of alkyl carbamates (subject to hydrolysis) is 1. The highest BCUT2D eigenvalue weighted by Crippen LogP contribution is 2.26. The molecule has 5 heteroatoms. The highest BCUT2D eigenvalue weighted by atomic mass is 127. The molecule has 0 aliphatic heterocycles. The Bertz CT molecular complexity index is 540. The lowest BCUT2D eigenvalue weighted by atomic mass is 10.1. The minimum Gasteiger partial charge on any atom is -0.444 e. The molecule has 1 aliphatic rings. The average molecular weight is 416 g/mol. The number of nitrogens with one attached hydrogen (secondary N) is 2. The molecule has 0 bridgehead atoms. The van der Waals surface area contributed by atoms with Crippen LogP contribution in [0.2, 0.25) is 0 Å². The SMILES string of the molecule is Cc1cc(I)ccc1NC1CCC(NC(=O)OC(C)(C)C)C1. The van der Waals surface area contributed by atoms with Gasteiger partial charge in [-0.3, -0.25) is 0 Å². The molecule has 22 heavy (non-hydrogen) atoms. The van der Waals surface area contributed by atoms with Gasteiger partial charge in [0.05, 0.1) is 0 Å². The van der Waals surface area contributed by atoms with Crippen molar-refractivity contribution < 1.29 is 9.53 Å². The Morgan fingerprint density at radius 3 is 2.59 bits per heavy atom. The molecule has 1 fully saturated rings. The molecule has 1 saturated carbocycles. The quantitative estimate of drug-likeness (QED) is 0.716. The van der Waals surface area contributed by atoms with Gasteiger partial charge in [0.1, 0.15) is 5.60 Å². The lowest BCUT2D eigenvalue weighted by molar-refractivity contribution is 0.0505. The number of hydrogen-bond acceptors (Lipinski definition) is 3. The topological polar surface area (TPSA) is 50.4 Å². The second-order valence-electron chi connectivity index (χ2n) is 6.96. The van der Waals surface area contributed by atoms with Gasteiger partial charge < -0.3 is 15.4 Å². The molecule has 0 radical (unpaired) electrons. The van der Waals surface area contributed by atoms with E-state index in [1.165, 1.54) is 14.8 Å². The Morgan fingerprint density at radius 2 is 1.95 bits per heavy atom. The third-order valence-corrected chi connectivity index (χ3v) is 4.37. The van der Waals surface area contributed by atoms with Crippen molar-refractivity contribution in [1.82, 2.24) is 5.32 Å². The van der Waals surface area contributed by atoms with Crippen molar-refractivity contribution in [2.45, 2.75) is 64.6 Å². The van der Waals surface area contributed by atoms with Gasteiger partial charge in [0.2, 0.25) is 0 Å². The van der Waals surface area contributed by atoms with Crippen molar-refractivity contribution in [3.63, 3.8) is 0 Å². The molecule has 2 rings (SSSR count). The van der Waals surface area contributed by atoms with Crippen LogP contribution in [0.5, 0.6) is 0 Å². The second-order valence-corrected chi connectivity index (χ2v) is 8.20. The first-order valence-corrected chi connectivity index (χ1v) is 8.83. The number of halogens is 1. The molecule has 2 unspecified atom stereocenters. The number of ether oxygens (including phenoxy) is 1. The molecule has 122 valence electrons. The fourth-order valence-electron chi connectivity index (χ4n) is 2.73. The highest BCUT2D eigenvalue weighted by molar-refractivity contribution is 14.1. The predicted octanol–water partition coefficient (Wildman–Crippen LogP) is 4.46. The van der Waals surface area contributed by atoms with E-state index in [0.29, 0.717) is 6.04 Å². The normalized spacial score (nSPS) is 21.5. The van der Waals surface area contributed by atoms with E-state index >= 15 is 0 Å². The highest BCUT2D eigenvalue weighted by Gasteiger charge is 2.27. The van der Waals surface area contributed by atoms with Crippen LogP contribution in [-0.2, 0) is 4.74 Å². The van der Waals surface area contributed by atoms with Crippen LogP contribution in [0, 0.1) is 10.5 Å². The summed E-state index contributed by atoms with van der Waals surface area (Å²) in [5.41, 5.74) is 2.00. The molecule has 2 atom stereocenters. The third-order valence-electron chi connectivity index (χ3n) is 3.70. The molecule has 1 aromatic rings. The van der Waals surface area contributed by atoms with Gasteiger partial charge in [0.25, 0.3) is 0 Å². The minimum absolute atomic E-state index is 0.191. The van der Waals surface area contributed by atoms with Crippen LogP contribution in [0.1, 0.15) is 45.6 Å². The summed E-state index contributed by atoms with van der Waals surface area (Å²) in [7, 11) is 0. The van der Waals surface area contributed by atoms with Crippen molar-refractivity contribution in [2.75, 3.05) is 5.32 Å². The van der Waals surface area contributed by atoms with E-state index in [4.69, 9.17) is 4.74 Å². The van der Waals surface area contributed by atoms with Crippen molar-refractivity contribution in [1.29, 1.82) is 0 Å². The zero-order valence-corrected chi connectivity index (χ0v) is 15.9. The van der Waals surface area contributed by atoms with Crippen LogP contribution in [-0.4, -0.2) is 23.8 Å². The zero-order chi connectivity index (χ0) is 16.3. The standard InChI is InChI=1S/C17H25IN2O2/c1-11-9-12(18)5-8-15(11)19-13-6-7-14(10-13)20-16(21)22-17(2,3)4/h5,8-9,13-14,19H,6-7,10H2,1-4H3,(H,20,21). The maximum absolute atomic E-state index is 11.8. The van der Waals surface area contributed by atoms with Gasteiger partial charge in [-0.1, -0.05) is 0 Å². The zero-order valence-electron chi connectivity index (χ0n) is 13.7. The maximum atomic E-state index is 11.8. The van der Waals surface area contributed by atoms with E-state index in [1.807, 2.05) is 20.8 Å². The van der Waals surface area contributed by atoms with Gasteiger partial charge in [-0.15, -0.1) is 0 Å². The fourth-order valence-corrected chi connectivity index (χ4v) is 3.37. The van der Waals surface area contributed by atoms with Gasteiger partial charge in [-0.25, -0.2) is 4.79 Å². The molecule has 2 N–H and O–H groups in total. The first kappa shape index (κ1) is 17.4. The molecule has 4 nitrogen and oxygen atoms in total. The molecule has 0 heterocycles. The molecule has 1 aromatic carbocycles. The van der Waals surface area contributed by atoms with Crippen LogP contribution in [0.3, 0.4) is 0 Å². The molecule has 1 aliphatic carbocycles. The van der Waals surface area contributed by atoms with E-state index in [-0.39, 0.29) is 12.1 Å². The summed E-state index contributed by atoms with van der Waals surface area (Å²) in [5, 5.41) is 6.56. The number of rotatable bonds is 3. The molecule has 0 aromatic heterocycles. The number of anilines is 1. The summed E-state index contributed by atoms with van der Waals surface area (Å²) < 4.78 is 6.56. The summed E-state index contributed by atoms with van der Waals surface area (Å²) in [6, 6.07) is 7.01. The van der Waals surface area contributed by atoms with E-state index in [1.54, 1.807) is 0 Å². The van der Waals surface area contributed by atoms with Gasteiger partial charge >= 0.3 is 6.09 Å². The van der Waals surface area contributed by atoms with Crippen LogP contribution in [0.25, 0.3) is 0 Å². The van der Waals surface area contributed by atoms with E-state index in [9.17, 15) is 4.79 Å². The number of benzene rings is 1. The van der Waals surface area contributed by atoms with Crippen molar-refractivity contribution in [3.05, 3.63) is 27.3 Å². The Balaban J connectivity index is 1.84. The Hall–Kier alpha value is -0.980. The summed E-state index contributed by atoms with van der Waals surface area (Å²) in [4.78, 5) is 11.8. The van der Waals surface area contributed by atoms with E-state index in [2.05, 4.69) is 58.3 Å². The lowest BCUT2D eigenvalue weighted by Gasteiger charge is -2.22. The largest absolute Gasteiger partial charge is 0.444 e. The van der Waals surface area contributed by atoms with Gasteiger partial charge in [0.15, 0.2) is 0 Å². The molecule has 0 saturated heterocycles. The fraction of sp³-hybridized carbons (Fsp3) is 0.588. The van der Waals surface area contributed by atoms with Gasteiger partial charge in [0, 0.05) is 21.3 Å². The Kier molecular flexibility index (Phi) is 5.58. The number of aryl methyl sites for hydroxylation is 1. The van der Waals surface area contributed by atoms with E-state index < -0.39 is 5.60 Å². The maximum Gasteiger partial charge on any atom is 0.407 e. The van der Waals surface area contributed by atoms with Crippen molar-refractivity contribution >= 4 is 34.4 Å². The third kappa shape index (κ3) is 5.34. The van der Waals surface area contributed by atoms with Crippen LogP contribution < -0.4 is 10.6 Å². The van der Waals surface area contributed by atoms with Gasteiger partial charge in [-0.05, 0) is 93.3 Å². The Labute approximate surface area is 146 Å². The minimum atomic E-state index is -0.446. The van der Waals surface area contributed by atoms with Gasteiger partial charge in [-0.2, -0.15) is 0 Å². The van der Waals surface area contributed by atoms with Crippen LogP contribution >= 0.6 is 22.6 Å². The second kappa shape index (κ2) is 7.06. The summed E-state index contributed by atoms with van der Waals surface area (Å²) in [6.45, 7) is 7.76. The number of carbonyl (C=O) groups excluding carboxylic acids is 1. The predicted molar refractivity (Wildman–Crippen MR) is 98.3 cm³/mol. The van der Waals surface area contributed by atoms with Crippen LogP contribution in [0.15, 0.2) is 18.2 Å². The average Bonchev–Trinajstić information content (AvgIpc) is 2.77. The summed E-state index contributed by atoms with van der Waals surface area (Å²) in [6.07, 6.45) is 2.67.